The fraction of sp³-hybridized carbons (Fsp3) is 0.462. The van der Waals surface area contributed by atoms with Crippen molar-refractivity contribution in [3.8, 4) is 0 Å². The van der Waals surface area contributed by atoms with Gasteiger partial charge >= 0.3 is 11.9 Å². The molecule has 0 amide bonds. The average Bonchev–Trinajstić information content (AvgIpc) is 2.34. The van der Waals surface area contributed by atoms with Crippen LogP contribution in [0.1, 0.15) is 36.8 Å². The summed E-state index contributed by atoms with van der Waals surface area (Å²) in [5.41, 5.74) is 0.596. The second-order valence-electron chi connectivity index (χ2n) is 5.00. The number of esters is 1. The van der Waals surface area contributed by atoms with E-state index in [9.17, 15) is 9.59 Å². The zero-order chi connectivity index (χ0) is 14.6. The number of pyridine rings is 1. The van der Waals surface area contributed by atoms with Crippen molar-refractivity contribution in [1.29, 1.82) is 0 Å². The number of ether oxygens (including phenoxy) is 1. The molecule has 0 aliphatic heterocycles. The number of nitrogens with zero attached hydrogens (tertiary/aromatic N) is 1. The van der Waals surface area contributed by atoms with Gasteiger partial charge in [0.15, 0.2) is 0 Å². The zero-order valence-electron chi connectivity index (χ0n) is 11.4. The molecule has 0 spiro atoms. The first kappa shape index (κ1) is 15.5. The van der Waals surface area contributed by atoms with Gasteiger partial charge in [0.25, 0.3) is 0 Å². The highest BCUT2D eigenvalue weighted by Gasteiger charge is 2.19. The average molecular weight is 283 g/mol. The van der Waals surface area contributed by atoms with Gasteiger partial charge in [0.05, 0.1) is 23.5 Å². The predicted molar refractivity (Wildman–Crippen MR) is 72.6 cm³/mol. The molecule has 6 heteroatoms. The molecule has 1 aromatic rings. The number of hydrogen-bond acceptors (Lipinski definition) is 5. The second kappa shape index (κ2) is 6.06. The monoisotopic (exact) mass is 283 g/mol. The third-order valence-electron chi connectivity index (χ3n) is 2.38. The number of methoxy groups -OCH3 is 1. The second-order valence-corrected chi connectivity index (χ2v) is 5.99. The molecule has 104 valence electrons. The molecule has 0 aliphatic rings. The van der Waals surface area contributed by atoms with Crippen molar-refractivity contribution in [3.63, 3.8) is 0 Å². The summed E-state index contributed by atoms with van der Waals surface area (Å²) >= 11 is 1.17. The fourth-order valence-electron chi connectivity index (χ4n) is 1.28. The summed E-state index contributed by atoms with van der Waals surface area (Å²) in [5.74, 6) is -1.27. The molecule has 0 aliphatic carbocycles. The topological polar surface area (TPSA) is 76.5 Å². The molecule has 0 unspecified atom stereocenters. The molecule has 1 rings (SSSR count). The summed E-state index contributed by atoms with van der Waals surface area (Å²) in [6.07, 6.45) is 0. The van der Waals surface area contributed by atoms with E-state index in [0.29, 0.717) is 10.7 Å². The number of hydrogen-bond donors (Lipinski definition) is 1. The Kier molecular flexibility index (Phi) is 4.94. The van der Waals surface area contributed by atoms with Gasteiger partial charge in [0.1, 0.15) is 0 Å². The van der Waals surface area contributed by atoms with Crippen LogP contribution in [0.3, 0.4) is 0 Å². The maximum absolute atomic E-state index is 11.1. The van der Waals surface area contributed by atoms with Crippen LogP contribution in [-0.4, -0.2) is 34.9 Å². The van der Waals surface area contributed by atoms with Crippen LogP contribution in [0.25, 0.3) is 0 Å². The summed E-state index contributed by atoms with van der Waals surface area (Å²) < 4.78 is 4.54. The van der Waals surface area contributed by atoms with Gasteiger partial charge < -0.3 is 9.84 Å². The number of rotatable bonds is 4. The smallest absolute Gasteiger partial charge is 0.335 e. The molecular weight excluding hydrogens is 266 g/mol. The third kappa shape index (κ3) is 4.55. The number of carbonyl (C=O) groups excluding carboxylic acids is 1. The zero-order valence-corrected chi connectivity index (χ0v) is 12.2. The molecule has 0 fully saturated rings. The van der Waals surface area contributed by atoms with E-state index in [2.05, 4.69) is 9.72 Å². The van der Waals surface area contributed by atoms with Crippen LogP contribution in [0.2, 0.25) is 0 Å². The van der Waals surface area contributed by atoms with Gasteiger partial charge in [-0.15, -0.1) is 0 Å². The van der Waals surface area contributed by atoms with Crippen molar-refractivity contribution in [2.75, 3.05) is 12.9 Å². The maximum atomic E-state index is 11.1. The SMILES string of the molecule is COC(=O)CSc1cc(C(=O)O)cc(C(C)(C)C)n1. The maximum Gasteiger partial charge on any atom is 0.335 e. The standard InChI is InChI=1S/C13H17NO4S/c1-13(2,3)9-5-8(12(16)17)6-10(14-9)19-7-11(15)18-4/h5-6H,7H2,1-4H3,(H,16,17). The van der Waals surface area contributed by atoms with E-state index in [4.69, 9.17) is 5.11 Å². The predicted octanol–water partition coefficient (Wildman–Crippen LogP) is 2.34. The number of aromatic carboxylic acids is 1. The van der Waals surface area contributed by atoms with Crippen molar-refractivity contribution >= 4 is 23.7 Å². The van der Waals surface area contributed by atoms with Gasteiger partial charge in [-0.05, 0) is 12.1 Å². The summed E-state index contributed by atoms with van der Waals surface area (Å²) in [6.45, 7) is 5.86. The number of aromatic nitrogens is 1. The molecule has 19 heavy (non-hydrogen) atoms. The van der Waals surface area contributed by atoms with Crippen molar-refractivity contribution in [2.24, 2.45) is 0 Å². The Morgan fingerprint density at radius 3 is 2.47 bits per heavy atom. The van der Waals surface area contributed by atoms with Crippen molar-refractivity contribution in [2.45, 2.75) is 31.2 Å². The lowest BCUT2D eigenvalue weighted by Gasteiger charge is -2.19. The minimum absolute atomic E-state index is 0.107. The van der Waals surface area contributed by atoms with Crippen LogP contribution in [0.5, 0.6) is 0 Å². The van der Waals surface area contributed by atoms with Gasteiger partial charge in [0, 0.05) is 11.1 Å². The summed E-state index contributed by atoms with van der Waals surface area (Å²) in [7, 11) is 1.31. The number of carbonyl (C=O) groups is 2. The Hall–Kier alpha value is -1.56. The van der Waals surface area contributed by atoms with E-state index in [1.54, 1.807) is 6.07 Å². The van der Waals surface area contributed by atoms with Gasteiger partial charge in [-0.25, -0.2) is 9.78 Å². The van der Waals surface area contributed by atoms with Crippen molar-refractivity contribution < 1.29 is 19.4 Å². The first-order valence-corrected chi connectivity index (χ1v) is 6.68. The van der Waals surface area contributed by atoms with Crippen LogP contribution in [0.15, 0.2) is 17.2 Å². The van der Waals surface area contributed by atoms with Crippen LogP contribution in [0.4, 0.5) is 0 Å². The number of carboxylic acid groups (broad SMARTS) is 1. The largest absolute Gasteiger partial charge is 0.478 e. The molecule has 0 atom stereocenters. The molecule has 0 saturated heterocycles. The van der Waals surface area contributed by atoms with E-state index in [1.165, 1.54) is 24.9 Å². The summed E-state index contributed by atoms with van der Waals surface area (Å²) in [6, 6.07) is 3.02. The molecule has 5 nitrogen and oxygen atoms in total. The lowest BCUT2D eigenvalue weighted by atomic mass is 9.91. The van der Waals surface area contributed by atoms with Crippen molar-refractivity contribution in [3.05, 3.63) is 23.4 Å². The molecule has 1 heterocycles. The van der Waals surface area contributed by atoms with Crippen molar-refractivity contribution in [1.82, 2.24) is 4.98 Å². The van der Waals surface area contributed by atoms with Crippen LogP contribution >= 0.6 is 11.8 Å². The Bertz CT molecular complexity index is 494. The molecule has 0 radical (unpaired) electrons. The van der Waals surface area contributed by atoms with Crippen LogP contribution < -0.4 is 0 Å². The van der Waals surface area contributed by atoms with E-state index in [-0.39, 0.29) is 22.7 Å². The Balaban J connectivity index is 3.07. The van der Waals surface area contributed by atoms with E-state index in [0.717, 1.165) is 0 Å². The molecule has 1 aromatic heterocycles. The third-order valence-corrected chi connectivity index (χ3v) is 3.27. The highest BCUT2D eigenvalue weighted by atomic mass is 32.2. The highest BCUT2D eigenvalue weighted by Crippen LogP contribution is 2.25. The van der Waals surface area contributed by atoms with Gasteiger partial charge in [-0.3, -0.25) is 4.79 Å². The van der Waals surface area contributed by atoms with Crippen LogP contribution in [-0.2, 0) is 14.9 Å². The van der Waals surface area contributed by atoms with E-state index >= 15 is 0 Å². The van der Waals surface area contributed by atoms with E-state index in [1.807, 2.05) is 20.8 Å². The van der Waals surface area contributed by atoms with Gasteiger partial charge in [-0.2, -0.15) is 0 Å². The molecule has 1 N–H and O–H groups in total. The lowest BCUT2D eigenvalue weighted by Crippen LogP contribution is -2.15. The Labute approximate surface area is 116 Å². The van der Waals surface area contributed by atoms with Gasteiger partial charge in [-0.1, -0.05) is 32.5 Å². The van der Waals surface area contributed by atoms with E-state index < -0.39 is 5.97 Å². The molecule has 0 saturated carbocycles. The quantitative estimate of drug-likeness (QED) is 0.675. The summed E-state index contributed by atoms with van der Waals surface area (Å²) in [4.78, 5) is 26.6. The summed E-state index contributed by atoms with van der Waals surface area (Å²) in [5, 5.41) is 9.60. The highest BCUT2D eigenvalue weighted by molar-refractivity contribution is 7.99. The van der Waals surface area contributed by atoms with Gasteiger partial charge in [0.2, 0.25) is 0 Å². The first-order valence-electron chi connectivity index (χ1n) is 5.69. The lowest BCUT2D eigenvalue weighted by molar-refractivity contribution is -0.137. The molecule has 0 bridgehead atoms. The Morgan fingerprint density at radius 2 is 2.00 bits per heavy atom. The molecular formula is C13H17NO4S. The number of thioether (sulfide) groups is 1. The fourth-order valence-corrected chi connectivity index (χ4v) is 2.04. The number of carboxylic acids is 1. The molecule has 0 aromatic carbocycles. The Morgan fingerprint density at radius 1 is 1.37 bits per heavy atom. The van der Waals surface area contributed by atoms with Crippen LogP contribution in [0, 0.1) is 0 Å². The minimum Gasteiger partial charge on any atom is -0.478 e. The first-order chi connectivity index (χ1) is 8.74. The minimum atomic E-state index is -1.01. The normalized spacial score (nSPS) is 11.2.